The van der Waals surface area contributed by atoms with Crippen LogP contribution < -0.4 is 5.32 Å². The van der Waals surface area contributed by atoms with Crippen LogP contribution in [-0.4, -0.2) is 35.0 Å². The molecule has 0 heterocycles. The predicted octanol–water partition coefficient (Wildman–Crippen LogP) is 1.23. The first-order chi connectivity index (χ1) is 9.23. The van der Waals surface area contributed by atoms with Crippen LogP contribution >= 0.6 is 0 Å². The molecule has 1 atom stereocenters. The van der Waals surface area contributed by atoms with Gasteiger partial charge in [-0.1, -0.05) is 0 Å². The number of aliphatic hydroxyl groups excluding tert-OH is 1. The molecule has 0 aliphatic carbocycles. The van der Waals surface area contributed by atoms with E-state index in [4.69, 9.17) is 5.11 Å². The van der Waals surface area contributed by atoms with E-state index in [1.807, 2.05) is 0 Å². The van der Waals surface area contributed by atoms with Crippen molar-refractivity contribution < 1.29 is 32.4 Å². The van der Waals surface area contributed by atoms with Crippen LogP contribution in [0.4, 0.5) is 23.2 Å². The molecule has 0 aliphatic heterocycles. The number of carbonyl (C=O) groups excluding carboxylic acids is 1. The minimum atomic E-state index is -3.14. The summed E-state index contributed by atoms with van der Waals surface area (Å²) in [6.45, 7) is -0.916. The number of nitrogens with zero attached hydrogens (tertiary/aromatic N) is 1. The van der Waals surface area contributed by atoms with Gasteiger partial charge in [-0.25, -0.2) is 13.2 Å². The van der Waals surface area contributed by atoms with Crippen LogP contribution in [-0.2, 0) is 0 Å². The molecule has 2 N–H and O–H groups in total. The van der Waals surface area contributed by atoms with Gasteiger partial charge in [-0.2, -0.15) is 4.39 Å². The highest BCUT2D eigenvalue weighted by Crippen LogP contribution is 2.22. The lowest BCUT2D eigenvalue weighted by Crippen LogP contribution is -2.36. The zero-order valence-electron chi connectivity index (χ0n) is 9.65. The molecule has 0 saturated carbocycles. The topological polar surface area (TPSA) is 92.5 Å². The third-order valence-electron chi connectivity index (χ3n) is 2.22. The quantitative estimate of drug-likeness (QED) is 0.485. The highest BCUT2D eigenvalue weighted by atomic mass is 19.3. The van der Waals surface area contributed by atoms with Crippen LogP contribution in [0, 0.1) is 21.7 Å². The fourth-order valence-corrected chi connectivity index (χ4v) is 1.25. The third kappa shape index (κ3) is 3.63. The van der Waals surface area contributed by atoms with Crippen LogP contribution in [0.25, 0.3) is 0 Å². The second-order valence-electron chi connectivity index (χ2n) is 3.66. The van der Waals surface area contributed by atoms with E-state index in [1.165, 1.54) is 0 Å². The van der Waals surface area contributed by atoms with Crippen LogP contribution in [0.5, 0.6) is 0 Å². The third-order valence-corrected chi connectivity index (χ3v) is 2.22. The first-order valence-corrected chi connectivity index (χ1v) is 5.12. The molecule has 110 valence electrons. The van der Waals surface area contributed by atoms with Crippen LogP contribution in [0.15, 0.2) is 12.1 Å². The molecule has 1 amide bonds. The second-order valence-corrected chi connectivity index (χ2v) is 3.66. The standard InChI is InChI=1S/C10H8F4N2O4/c11-4-1-5(8(12)6(2-4)16(19)20)10(18)15-3-7(17)9(13)14/h1-2,7,9,17H,3H2,(H,15,18). The molecule has 0 aliphatic rings. The normalized spacial score (nSPS) is 12.3. The molecule has 1 unspecified atom stereocenters. The van der Waals surface area contributed by atoms with Crippen molar-refractivity contribution in [1.82, 2.24) is 5.32 Å². The van der Waals surface area contributed by atoms with E-state index < -0.39 is 52.8 Å². The van der Waals surface area contributed by atoms with Gasteiger partial charge in [-0.3, -0.25) is 14.9 Å². The fraction of sp³-hybridized carbons (Fsp3) is 0.300. The Morgan fingerprint density at radius 2 is 2.00 bits per heavy atom. The number of nitrogens with one attached hydrogen (secondary N) is 1. The van der Waals surface area contributed by atoms with E-state index in [2.05, 4.69) is 0 Å². The van der Waals surface area contributed by atoms with E-state index in [9.17, 15) is 32.5 Å². The minimum absolute atomic E-state index is 0.278. The monoisotopic (exact) mass is 296 g/mol. The molecule has 20 heavy (non-hydrogen) atoms. The summed E-state index contributed by atoms with van der Waals surface area (Å²) in [4.78, 5) is 20.6. The lowest BCUT2D eigenvalue weighted by molar-refractivity contribution is -0.387. The van der Waals surface area contributed by atoms with Crippen LogP contribution in [0.1, 0.15) is 10.4 Å². The summed E-state index contributed by atoms with van der Waals surface area (Å²) in [5.74, 6) is -4.19. The number of aliphatic hydroxyl groups is 1. The number of hydrogen-bond donors (Lipinski definition) is 2. The van der Waals surface area contributed by atoms with Crippen molar-refractivity contribution in [3.8, 4) is 0 Å². The first-order valence-electron chi connectivity index (χ1n) is 5.12. The number of amides is 1. The zero-order chi connectivity index (χ0) is 15.4. The molecular formula is C10H8F4N2O4. The fourth-order valence-electron chi connectivity index (χ4n) is 1.25. The second kappa shape index (κ2) is 6.28. The van der Waals surface area contributed by atoms with Gasteiger partial charge in [0, 0.05) is 6.54 Å². The molecule has 0 saturated heterocycles. The van der Waals surface area contributed by atoms with Gasteiger partial charge in [0.2, 0.25) is 5.82 Å². The summed E-state index contributed by atoms with van der Waals surface area (Å²) in [6, 6.07) is 0.659. The summed E-state index contributed by atoms with van der Waals surface area (Å²) in [6.07, 6.45) is -5.33. The van der Waals surface area contributed by atoms with Crippen LogP contribution in [0.2, 0.25) is 0 Å². The summed E-state index contributed by atoms with van der Waals surface area (Å²) in [5.41, 5.74) is -2.28. The average molecular weight is 296 g/mol. The molecule has 6 nitrogen and oxygen atoms in total. The smallest absolute Gasteiger partial charge is 0.308 e. The van der Waals surface area contributed by atoms with Gasteiger partial charge in [0.15, 0.2) is 0 Å². The van der Waals surface area contributed by atoms with E-state index >= 15 is 0 Å². The minimum Gasteiger partial charge on any atom is -0.385 e. The van der Waals surface area contributed by atoms with Gasteiger partial charge < -0.3 is 10.4 Å². The Morgan fingerprint density at radius 1 is 1.40 bits per heavy atom. The lowest BCUT2D eigenvalue weighted by Gasteiger charge is -2.11. The van der Waals surface area contributed by atoms with Crippen molar-refractivity contribution in [3.05, 3.63) is 39.4 Å². The number of nitro benzene ring substituents is 1. The molecular weight excluding hydrogens is 288 g/mol. The van der Waals surface area contributed by atoms with Crippen molar-refractivity contribution >= 4 is 11.6 Å². The van der Waals surface area contributed by atoms with Gasteiger partial charge in [0.25, 0.3) is 12.3 Å². The Morgan fingerprint density at radius 3 is 2.50 bits per heavy atom. The van der Waals surface area contributed by atoms with Gasteiger partial charge in [0.05, 0.1) is 16.6 Å². The average Bonchev–Trinajstić information content (AvgIpc) is 2.37. The Balaban J connectivity index is 2.96. The molecule has 0 spiro atoms. The lowest BCUT2D eigenvalue weighted by atomic mass is 10.1. The van der Waals surface area contributed by atoms with Crippen LogP contribution in [0.3, 0.4) is 0 Å². The number of halogens is 4. The van der Waals surface area contributed by atoms with E-state index in [0.29, 0.717) is 6.07 Å². The van der Waals surface area contributed by atoms with E-state index in [0.717, 1.165) is 0 Å². The number of benzene rings is 1. The molecule has 0 fully saturated rings. The maximum atomic E-state index is 13.6. The molecule has 0 bridgehead atoms. The van der Waals surface area contributed by atoms with E-state index in [-0.39, 0.29) is 6.07 Å². The number of nitro groups is 1. The molecule has 0 radical (unpaired) electrons. The van der Waals surface area contributed by atoms with Gasteiger partial charge >= 0.3 is 5.69 Å². The van der Waals surface area contributed by atoms with Gasteiger partial charge in [-0.05, 0) is 6.07 Å². The maximum absolute atomic E-state index is 13.6. The summed E-state index contributed by atoms with van der Waals surface area (Å²) >= 11 is 0. The highest BCUT2D eigenvalue weighted by molar-refractivity contribution is 5.95. The molecule has 10 heteroatoms. The van der Waals surface area contributed by atoms with Crippen molar-refractivity contribution in [2.24, 2.45) is 0 Å². The highest BCUT2D eigenvalue weighted by Gasteiger charge is 2.25. The maximum Gasteiger partial charge on any atom is 0.308 e. The zero-order valence-corrected chi connectivity index (χ0v) is 9.65. The van der Waals surface area contributed by atoms with Crippen molar-refractivity contribution in [1.29, 1.82) is 0 Å². The Bertz CT molecular complexity index is 538. The number of carbonyl (C=O) groups is 1. The molecule has 1 rings (SSSR count). The number of rotatable bonds is 5. The Kier molecular flexibility index (Phi) is 4.97. The predicted molar refractivity (Wildman–Crippen MR) is 57.4 cm³/mol. The molecule has 1 aromatic rings. The first kappa shape index (κ1) is 15.8. The Hall–Kier alpha value is -2.23. The van der Waals surface area contributed by atoms with Crippen molar-refractivity contribution in [2.45, 2.75) is 12.5 Å². The SMILES string of the molecule is O=C(NCC(O)C(F)F)c1cc(F)cc([N+](=O)[O-])c1F. The van der Waals surface area contributed by atoms with Crippen molar-refractivity contribution in [2.75, 3.05) is 6.54 Å². The van der Waals surface area contributed by atoms with Crippen molar-refractivity contribution in [3.63, 3.8) is 0 Å². The number of hydrogen-bond acceptors (Lipinski definition) is 4. The summed E-state index contributed by atoms with van der Waals surface area (Å²) in [7, 11) is 0. The summed E-state index contributed by atoms with van der Waals surface area (Å²) in [5, 5.41) is 20.9. The van der Waals surface area contributed by atoms with Gasteiger partial charge in [-0.15, -0.1) is 0 Å². The summed E-state index contributed by atoms with van der Waals surface area (Å²) < 4.78 is 50.5. The molecule has 1 aromatic carbocycles. The largest absolute Gasteiger partial charge is 0.385 e. The Labute approximate surface area is 109 Å². The van der Waals surface area contributed by atoms with E-state index in [1.54, 1.807) is 5.32 Å². The van der Waals surface area contributed by atoms with Gasteiger partial charge in [0.1, 0.15) is 11.9 Å². The molecule has 0 aromatic heterocycles. The number of alkyl halides is 2.